The van der Waals surface area contributed by atoms with Crippen LogP contribution in [0.2, 0.25) is 0 Å². The Morgan fingerprint density at radius 2 is 1.72 bits per heavy atom. The van der Waals surface area contributed by atoms with Gasteiger partial charge in [0.05, 0.1) is 6.20 Å². The lowest BCUT2D eigenvalue weighted by Crippen LogP contribution is -1.80. The van der Waals surface area contributed by atoms with Crippen molar-refractivity contribution in [2.45, 2.75) is 0 Å². The lowest BCUT2D eigenvalue weighted by molar-refractivity contribution is 0.457. The van der Waals surface area contributed by atoms with Crippen LogP contribution in [0.15, 0.2) is 57.9 Å². The number of para-hydroxylation sites is 2. The van der Waals surface area contributed by atoms with Crippen molar-refractivity contribution in [3.63, 3.8) is 0 Å². The maximum Gasteiger partial charge on any atom is 0.182 e. The third-order valence-electron chi connectivity index (χ3n) is 3.03. The highest BCUT2D eigenvalue weighted by Gasteiger charge is 2.12. The zero-order valence-corrected chi connectivity index (χ0v) is 9.33. The van der Waals surface area contributed by atoms with Gasteiger partial charge in [-0.1, -0.05) is 29.4 Å². The number of rotatable bonds is 1. The Balaban J connectivity index is 2.13. The molecule has 0 unspecified atom stereocenters. The van der Waals surface area contributed by atoms with E-state index in [2.05, 4.69) is 10.1 Å². The second-order valence-corrected chi connectivity index (χ2v) is 4.06. The van der Waals surface area contributed by atoms with E-state index in [0.717, 1.165) is 33.2 Å². The molecule has 2 heterocycles. The van der Waals surface area contributed by atoms with Crippen molar-refractivity contribution in [1.82, 2.24) is 10.1 Å². The number of aromatic nitrogens is 2. The van der Waals surface area contributed by atoms with Crippen LogP contribution in [0.1, 0.15) is 0 Å². The highest BCUT2D eigenvalue weighted by molar-refractivity contribution is 5.99. The minimum atomic E-state index is 0.765. The fourth-order valence-corrected chi connectivity index (χ4v) is 2.20. The molecule has 0 bridgehead atoms. The SMILES string of the molecule is c1cc(-c2cccc3ncoc23)c2oncc2c1. The van der Waals surface area contributed by atoms with Crippen molar-refractivity contribution < 1.29 is 8.94 Å². The summed E-state index contributed by atoms with van der Waals surface area (Å²) in [5.74, 6) is 0. The fourth-order valence-electron chi connectivity index (χ4n) is 2.20. The van der Waals surface area contributed by atoms with E-state index in [0.29, 0.717) is 0 Å². The molecule has 0 saturated carbocycles. The molecular weight excluding hydrogens is 228 g/mol. The zero-order valence-electron chi connectivity index (χ0n) is 9.33. The Bertz CT molecular complexity index is 773. The molecule has 4 heteroatoms. The molecule has 0 aliphatic carbocycles. The Morgan fingerprint density at radius 1 is 0.889 bits per heavy atom. The summed E-state index contributed by atoms with van der Waals surface area (Å²) < 4.78 is 10.8. The van der Waals surface area contributed by atoms with Crippen LogP contribution in [0.4, 0.5) is 0 Å². The van der Waals surface area contributed by atoms with Crippen LogP contribution >= 0.6 is 0 Å². The molecule has 2 aromatic carbocycles. The summed E-state index contributed by atoms with van der Waals surface area (Å²) in [5.41, 5.74) is 4.30. The second kappa shape index (κ2) is 3.43. The molecule has 0 fully saturated rings. The maximum absolute atomic E-state index is 5.46. The molecule has 0 radical (unpaired) electrons. The maximum atomic E-state index is 5.46. The molecule has 0 saturated heterocycles. The number of benzene rings is 2. The summed E-state index contributed by atoms with van der Waals surface area (Å²) in [4.78, 5) is 4.16. The normalized spacial score (nSPS) is 11.3. The Kier molecular flexibility index (Phi) is 1.80. The van der Waals surface area contributed by atoms with E-state index < -0.39 is 0 Å². The average molecular weight is 236 g/mol. The minimum absolute atomic E-state index is 0.765. The predicted molar refractivity (Wildman–Crippen MR) is 67.0 cm³/mol. The third kappa shape index (κ3) is 1.20. The first-order valence-electron chi connectivity index (χ1n) is 5.59. The van der Waals surface area contributed by atoms with Crippen LogP contribution in [0.3, 0.4) is 0 Å². The van der Waals surface area contributed by atoms with Crippen molar-refractivity contribution in [2.24, 2.45) is 0 Å². The van der Waals surface area contributed by atoms with Crippen molar-refractivity contribution in [2.75, 3.05) is 0 Å². The van der Waals surface area contributed by atoms with E-state index in [-0.39, 0.29) is 0 Å². The van der Waals surface area contributed by atoms with E-state index in [1.165, 1.54) is 6.39 Å². The van der Waals surface area contributed by atoms with E-state index in [1.807, 2.05) is 36.4 Å². The summed E-state index contributed by atoms with van der Waals surface area (Å²) in [5, 5.41) is 4.81. The second-order valence-electron chi connectivity index (χ2n) is 4.06. The monoisotopic (exact) mass is 236 g/mol. The van der Waals surface area contributed by atoms with Crippen LogP contribution < -0.4 is 0 Å². The third-order valence-corrected chi connectivity index (χ3v) is 3.03. The topological polar surface area (TPSA) is 52.1 Å². The lowest BCUT2D eigenvalue weighted by Gasteiger charge is -2.01. The quantitative estimate of drug-likeness (QED) is 0.506. The molecule has 0 amide bonds. The van der Waals surface area contributed by atoms with Gasteiger partial charge in [0.15, 0.2) is 17.6 Å². The molecular formula is C14H8N2O2. The standard InChI is InChI=1S/C14H8N2O2/c1-3-9-7-16-18-13(9)10(4-1)11-5-2-6-12-14(11)17-8-15-12/h1-8H. The molecule has 0 N–H and O–H groups in total. The number of hydrogen-bond acceptors (Lipinski definition) is 4. The largest absolute Gasteiger partial charge is 0.443 e. The highest BCUT2D eigenvalue weighted by Crippen LogP contribution is 2.33. The number of hydrogen-bond donors (Lipinski definition) is 0. The molecule has 2 aromatic heterocycles. The molecule has 86 valence electrons. The molecule has 0 atom stereocenters. The van der Waals surface area contributed by atoms with E-state index >= 15 is 0 Å². The Morgan fingerprint density at radius 3 is 2.67 bits per heavy atom. The molecule has 0 aliphatic rings. The molecule has 0 aliphatic heterocycles. The summed E-state index contributed by atoms with van der Waals surface area (Å²) in [7, 11) is 0. The zero-order chi connectivity index (χ0) is 11.9. The van der Waals surface area contributed by atoms with Gasteiger partial charge in [-0.05, 0) is 12.1 Å². The summed E-state index contributed by atoms with van der Waals surface area (Å²) in [6.07, 6.45) is 3.16. The lowest BCUT2D eigenvalue weighted by atomic mass is 10.0. The summed E-state index contributed by atoms with van der Waals surface area (Å²) in [6, 6.07) is 11.8. The van der Waals surface area contributed by atoms with E-state index in [1.54, 1.807) is 6.20 Å². The molecule has 4 nitrogen and oxygen atoms in total. The van der Waals surface area contributed by atoms with Crippen LogP contribution in [-0.4, -0.2) is 10.1 Å². The molecule has 4 rings (SSSR count). The van der Waals surface area contributed by atoms with E-state index in [9.17, 15) is 0 Å². The van der Waals surface area contributed by atoms with Crippen molar-refractivity contribution >= 4 is 22.1 Å². The minimum Gasteiger partial charge on any atom is -0.443 e. The predicted octanol–water partition coefficient (Wildman–Crippen LogP) is 3.64. The van der Waals surface area contributed by atoms with Gasteiger partial charge in [-0.3, -0.25) is 0 Å². The molecule has 18 heavy (non-hydrogen) atoms. The first-order valence-corrected chi connectivity index (χ1v) is 5.59. The smallest absolute Gasteiger partial charge is 0.182 e. The van der Waals surface area contributed by atoms with Crippen molar-refractivity contribution in [1.29, 1.82) is 0 Å². The number of fused-ring (bicyclic) bond motifs is 2. The summed E-state index contributed by atoms with van der Waals surface area (Å²) in [6.45, 7) is 0. The van der Waals surface area contributed by atoms with E-state index in [4.69, 9.17) is 8.94 Å². The van der Waals surface area contributed by atoms with Gasteiger partial charge in [0.25, 0.3) is 0 Å². The van der Waals surface area contributed by atoms with Gasteiger partial charge in [0.1, 0.15) is 5.52 Å². The van der Waals surface area contributed by atoms with Gasteiger partial charge in [0, 0.05) is 16.5 Å². The Hall–Kier alpha value is -2.62. The molecule has 4 aromatic rings. The highest BCUT2D eigenvalue weighted by atomic mass is 16.5. The molecule has 0 spiro atoms. The Labute approximate surface area is 102 Å². The van der Waals surface area contributed by atoms with Crippen LogP contribution in [0.5, 0.6) is 0 Å². The number of oxazole rings is 1. The van der Waals surface area contributed by atoms with Crippen LogP contribution in [-0.2, 0) is 0 Å². The van der Waals surface area contributed by atoms with Gasteiger partial charge in [-0.15, -0.1) is 0 Å². The number of nitrogens with zero attached hydrogens (tertiary/aromatic N) is 2. The van der Waals surface area contributed by atoms with Gasteiger partial charge < -0.3 is 8.94 Å². The van der Waals surface area contributed by atoms with Gasteiger partial charge in [-0.25, -0.2) is 4.98 Å². The van der Waals surface area contributed by atoms with Crippen LogP contribution in [0, 0.1) is 0 Å². The first kappa shape index (κ1) is 9.41. The van der Waals surface area contributed by atoms with Gasteiger partial charge in [-0.2, -0.15) is 0 Å². The fraction of sp³-hybridized carbons (Fsp3) is 0. The van der Waals surface area contributed by atoms with Gasteiger partial charge >= 0.3 is 0 Å². The van der Waals surface area contributed by atoms with Crippen molar-refractivity contribution in [3.05, 3.63) is 49.0 Å². The summed E-state index contributed by atoms with van der Waals surface area (Å²) >= 11 is 0. The van der Waals surface area contributed by atoms with Crippen molar-refractivity contribution in [3.8, 4) is 11.1 Å². The first-order chi connectivity index (χ1) is 8.93. The van der Waals surface area contributed by atoms with Crippen LogP contribution in [0.25, 0.3) is 33.2 Å². The van der Waals surface area contributed by atoms with Gasteiger partial charge in [0.2, 0.25) is 0 Å². The average Bonchev–Trinajstić information content (AvgIpc) is 3.06.